The van der Waals surface area contributed by atoms with E-state index in [2.05, 4.69) is 24.6 Å². The normalized spacial score (nSPS) is 11.0. The summed E-state index contributed by atoms with van der Waals surface area (Å²) in [7, 11) is 5.82. The summed E-state index contributed by atoms with van der Waals surface area (Å²) < 4.78 is 4.37. The summed E-state index contributed by atoms with van der Waals surface area (Å²) in [6, 6.07) is 3.98. The van der Waals surface area contributed by atoms with Crippen LogP contribution in [0.5, 0.6) is 0 Å². The molecular weight excluding hydrogens is 272 g/mol. The Bertz CT molecular complexity index is 757. The van der Waals surface area contributed by atoms with E-state index < -0.39 is 0 Å². The molecule has 0 spiro atoms. The average molecular weight is 288 g/mol. The first-order valence-electron chi connectivity index (χ1n) is 6.28. The molecule has 104 valence electrons. The van der Waals surface area contributed by atoms with E-state index in [0.717, 1.165) is 39.1 Å². The van der Waals surface area contributed by atoms with Gasteiger partial charge in [-0.2, -0.15) is 4.37 Å². The van der Waals surface area contributed by atoms with Gasteiger partial charge in [0.25, 0.3) is 0 Å². The van der Waals surface area contributed by atoms with Crippen LogP contribution in [0.15, 0.2) is 12.1 Å². The van der Waals surface area contributed by atoms with Crippen molar-refractivity contribution >= 4 is 33.5 Å². The lowest BCUT2D eigenvalue weighted by Gasteiger charge is -2.09. The molecule has 0 amide bonds. The molecule has 0 fully saturated rings. The van der Waals surface area contributed by atoms with Gasteiger partial charge < -0.3 is 15.2 Å². The van der Waals surface area contributed by atoms with Gasteiger partial charge in [0.2, 0.25) is 0 Å². The van der Waals surface area contributed by atoms with Crippen molar-refractivity contribution in [3.63, 3.8) is 0 Å². The van der Waals surface area contributed by atoms with Gasteiger partial charge in [-0.15, -0.1) is 0 Å². The van der Waals surface area contributed by atoms with E-state index in [-0.39, 0.29) is 0 Å². The quantitative estimate of drug-likeness (QED) is 0.775. The molecule has 6 nitrogen and oxygen atoms in total. The van der Waals surface area contributed by atoms with Crippen LogP contribution in [0.4, 0.5) is 10.8 Å². The standard InChI is InChI=1S/C13H16N6S/c1-7-10(13(14-2)20-18-7)12-15-8-5-6-9(19(3)4)16-11(8)17-12/h5-6,14H,1-4H3,(H,15,16,17). The largest absolute Gasteiger partial charge is 0.378 e. The number of imidazole rings is 1. The number of aromatic nitrogens is 4. The molecule has 3 aromatic heterocycles. The minimum Gasteiger partial charge on any atom is -0.378 e. The molecule has 3 rings (SSSR count). The van der Waals surface area contributed by atoms with Gasteiger partial charge in [0.05, 0.1) is 16.8 Å². The van der Waals surface area contributed by atoms with Crippen LogP contribution in [0.1, 0.15) is 5.69 Å². The van der Waals surface area contributed by atoms with Crippen LogP contribution in [0.2, 0.25) is 0 Å². The van der Waals surface area contributed by atoms with Gasteiger partial charge in [-0.25, -0.2) is 9.97 Å². The monoisotopic (exact) mass is 288 g/mol. The highest BCUT2D eigenvalue weighted by atomic mass is 32.1. The molecule has 0 aromatic carbocycles. The summed E-state index contributed by atoms with van der Waals surface area (Å²) in [6.07, 6.45) is 0. The Hall–Kier alpha value is -2.15. The summed E-state index contributed by atoms with van der Waals surface area (Å²) in [5.41, 5.74) is 3.63. The Balaban J connectivity index is 2.15. The van der Waals surface area contributed by atoms with Crippen LogP contribution >= 0.6 is 11.5 Å². The first-order valence-corrected chi connectivity index (χ1v) is 7.06. The van der Waals surface area contributed by atoms with Crippen LogP contribution in [0.3, 0.4) is 0 Å². The molecule has 0 saturated carbocycles. The highest BCUT2D eigenvalue weighted by molar-refractivity contribution is 7.10. The SMILES string of the molecule is CNc1snc(C)c1-c1nc2nc(N(C)C)ccc2[nH]1. The van der Waals surface area contributed by atoms with Gasteiger partial charge in [-0.1, -0.05) is 0 Å². The summed E-state index contributed by atoms with van der Waals surface area (Å²) in [6.45, 7) is 1.98. The number of hydrogen-bond acceptors (Lipinski definition) is 6. The van der Waals surface area contributed by atoms with Crippen LogP contribution < -0.4 is 10.2 Å². The molecule has 20 heavy (non-hydrogen) atoms. The Morgan fingerprint density at radius 3 is 2.75 bits per heavy atom. The number of rotatable bonds is 3. The molecular formula is C13H16N6S. The lowest BCUT2D eigenvalue weighted by molar-refractivity contribution is 1.08. The molecule has 3 heterocycles. The fourth-order valence-electron chi connectivity index (χ4n) is 2.07. The van der Waals surface area contributed by atoms with Gasteiger partial charge in [-0.3, -0.25) is 0 Å². The van der Waals surface area contributed by atoms with E-state index in [4.69, 9.17) is 0 Å². The lowest BCUT2D eigenvalue weighted by Crippen LogP contribution is -2.10. The number of nitrogens with zero attached hydrogens (tertiary/aromatic N) is 4. The van der Waals surface area contributed by atoms with Gasteiger partial charge in [0, 0.05) is 21.1 Å². The molecule has 0 aliphatic heterocycles. The van der Waals surface area contributed by atoms with Crippen molar-refractivity contribution in [3.05, 3.63) is 17.8 Å². The number of hydrogen-bond donors (Lipinski definition) is 2. The molecule has 0 aliphatic carbocycles. The third-order valence-electron chi connectivity index (χ3n) is 3.12. The van der Waals surface area contributed by atoms with E-state index in [1.54, 1.807) is 0 Å². The Morgan fingerprint density at radius 2 is 2.05 bits per heavy atom. The number of H-pyrrole nitrogens is 1. The number of fused-ring (bicyclic) bond motifs is 1. The minimum atomic E-state index is 0.721. The molecule has 0 unspecified atom stereocenters. The fraction of sp³-hybridized carbons (Fsp3) is 0.308. The van der Waals surface area contributed by atoms with Gasteiger partial charge in [0.15, 0.2) is 5.65 Å². The second kappa shape index (κ2) is 4.75. The molecule has 0 bridgehead atoms. The van der Waals surface area contributed by atoms with E-state index in [1.165, 1.54) is 11.5 Å². The van der Waals surface area contributed by atoms with Crippen molar-refractivity contribution in [3.8, 4) is 11.4 Å². The number of pyridine rings is 1. The number of aryl methyl sites for hydroxylation is 1. The van der Waals surface area contributed by atoms with Crippen LogP contribution in [0.25, 0.3) is 22.6 Å². The summed E-state index contributed by atoms with van der Waals surface area (Å²) in [4.78, 5) is 14.4. The maximum absolute atomic E-state index is 4.60. The van der Waals surface area contributed by atoms with Gasteiger partial charge in [-0.05, 0) is 30.6 Å². The first kappa shape index (κ1) is 12.9. The second-order valence-corrected chi connectivity index (χ2v) is 5.52. The molecule has 7 heteroatoms. The molecule has 2 N–H and O–H groups in total. The van der Waals surface area contributed by atoms with Crippen LogP contribution in [0, 0.1) is 6.92 Å². The maximum atomic E-state index is 4.60. The Labute approximate surface area is 121 Å². The lowest BCUT2D eigenvalue weighted by atomic mass is 10.2. The minimum absolute atomic E-state index is 0.721. The Morgan fingerprint density at radius 1 is 1.25 bits per heavy atom. The van der Waals surface area contributed by atoms with Crippen LogP contribution in [-0.2, 0) is 0 Å². The smallest absolute Gasteiger partial charge is 0.180 e. The van der Waals surface area contributed by atoms with E-state index >= 15 is 0 Å². The van der Waals surface area contributed by atoms with Crippen molar-refractivity contribution in [1.82, 2.24) is 19.3 Å². The maximum Gasteiger partial charge on any atom is 0.180 e. The highest BCUT2D eigenvalue weighted by Crippen LogP contribution is 2.33. The van der Waals surface area contributed by atoms with Crippen molar-refractivity contribution in [2.45, 2.75) is 6.92 Å². The molecule has 0 aliphatic rings. The Kier molecular flexibility index (Phi) is 3.06. The first-order chi connectivity index (χ1) is 9.60. The van der Waals surface area contributed by atoms with Crippen molar-refractivity contribution < 1.29 is 0 Å². The van der Waals surface area contributed by atoms with E-state index in [0.29, 0.717) is 0 Å². The third-order valence-corrected chi connectivity index (χ3v) is 4.07. The average Bonchev–Trinajstić information content (AvgIpc) is 2.99. The predicted molar refractivity (Wildman–Crippen MR) is 83.6 cm³/mol. The van der Waals surface area contributed by atoms with E-state index in [1.807, 2.05) is 45.1 Å². The van der Waals surface area contributed by atoms with Gasteiger partial charge >= 0.3 is 0 Å². The molecule has 3 aromatic rings. The summed E-state index contributed by atoms with van der Waals surface area (Å²) >= 11 is 1.44. The summed E-state index contributed by atoms with van der Waals surface area (Å²) in [5.74, 6) is 1.70. The zero-order valence-electron chi connectivity index (χ0n) is 11.9. The topological polar surface area (TPSA) is 69.7 Å². The van der Waals surface area contributed by atoms with Crippen molar-refractivity contribution in [2.24, 2.45) is 0 Å². The number of aromatic amines is 1. The fourth-order valence-corrected chi connectivity index (χ4v) is 2.82. The van der Waals surface area contributed by atoms with Gasteiger partial charge in [0.1, 0.15) is 16.6 Å². The zero-order chi connectivity index (χ0) is 14.3. The van der Waals surface area contributed by atoms with Crippen molar-refractivity contribution in [2.75, 3.05) is 31.4 Å². The summed E-state index contributed by atoms with van der Waals surface area (Å²) in [5, 5.41) is 4.16. The number of anilines is 2. The zero-order valence-corrected chi connectivity index (χ0v) is 12.7. The molecule has 0 saturated heterocycles. The van der Waals surface area contributed by atoms with Crippen LogP contribution in [-0.4, -0.2) is 40.5 Å². The second-order valence-electron chi connectivity index (χ2n) is 4.74. The predicted octanol–water partition coefficient (Wildman–Crippen LogP) is 2.50. The van der Waals surface area contributed by atoms with E-state index in [9.17, 15) is 0 Å². The van der Waals surface area contributed by atoms with Crippen molar-refractivity contribution in [1.29, 1.82) is 0 Å². The molecule has 0 atom stereocenters. The third kappa shape index (κ3) is 2.00. The highest BCUT2D eigenvalue weighted by Gasteiger charge is 2.16. The molecule has 0 radical (unpaired) electrons. The number of nitrogens with one attached hydrogen (secondary N) is 2.